The van der Waals surface area contributed by atoms with E-state index >= 15 is 0 Å². The molecule has 1 aromatic rings. The summed E-state index contributed by atoms with van der Waals surface area (Å²) in [5.41, 5.74) is 0.116. The summed E-state index contributed by atoms with van der Waals surface area (Å²) in [5, 5.41) is 23.9. The van der Waals surface area contributed by atoms with Gasteiger partial charge in [-0.25, -0.2) is 0 Å². The Morgan fingerprint density at radius 2 is 2.22 bits per heavy atom. The number of hydrogen-bond acceptors (Lipinski definition) is 4. The summed E-state index contributed by atoms with van der Waals surface area (Å²) in [6.45, 7) is 1.00. The highest BCUT2D eigenvalue weighted by Crippen LogP contribution is 2.30. The van der Waals surface area contributed by atoms with Crippen molar-refractivity contribution in [2.75, 3.05) is 6.54 Å². The monoisotopic (exact) mass is 270 g/mol. The molecule has 0 radical (unpaired) electrons. The van der Waals surface area contributed by atoms with Gasteiger partial charge in [0.05, 0.1) is 10.5 Å². The molecule has 98 valence electrons. The second-order valence-electron chi connectivity index (χ2n) is 4.72. The van der Waals surface area contributed by atoms with Crippen LogP contribution in [0.4, 0.5) is 5.69 Å². The van der Waals surface area contributed by atoms with Gasteiger partial charge in [-0.2, -0.15) is 0 Å². The quantitative estimate of drug-likeness (QED) is 0.636. The molecule has 0 aromatic heterocycles. The molecule has 6 heteroatoms. The Hall–Kier alpha value is -1.17. The maximum atomic E-state index is 10.7. The summed E-state index contributed by atoms with van der Waals surface area (Å²) in [6, 6.07) is 4.72. The van der Waals surface area contributed by atoms with Crippen LogP contribution in [0.3, 0.4) is 0 Å². The van der Waals surface area contributed by atoms with Crippen molar-refractivity contribution in [3.63, 3.8) is 0 Å². The number of rotatable bonds is 5. The highest BCUT2D eigenvalue weighted by molar-refractivity contribution is 6.32. The molecule has 1 aliphatic carbocycles. The Kier molecular flexibility index (Phi) is 3.85. The minimum Gasteiger partial charge on any atom is -0.389 e. The van der Waals surface area contributed by atoms with Crippen molar-refractivity contribution < 1.29 is 10.0 Å². The lowest BCUT2D eigenvalue weighted by Crippen LogP contribution is -2.45. The third-order valence-corrected chi connectivity index (χ3v) is 3.59. The van der Waals surface area contributed by atoms with Crippen LogP contribution in [0.25, 0.3) is 0 Å². The molecule has 0 amide bonds. The maximum absolute atomic E-state index is 10.7. The molecular formula is C12H15ClN2O3. The SMILES string of the molecule is O=[N+]([O-])c1cc(CNCC2(O)CCC2)ccc1Cl. The van der Waals surface area contributed by atoms with Crippen LogP contribution in [0.15, 0.2) is 18.2 Å². The molecule has 5 nitrogen and oxygen atoms in total. The molecule has 0 spiro atoms. The van der Waals surface area contributed by atoms with Crippen molar-refractivity contribution in [3.8, 4) is 0 Å². The first kappa shape index (κ1) is 13.3. The third-order valence-electron chi connectivity index (χ3n) is 3.27. The van der Waals surface area contributed by atoms with Gasteiger partial charge in [0.2, 0.25) is 0 Å². The van der Waals surface area contributed by atoms with Gasteiger partial charge in [-0.15, -0.1) is 0 Å². The van der Waals surface area contributed by atoms with E-state index in [2.05, 4.69) is 5.32 Å². The van der Waals surface area contributed by atoms with Crippen LogP contribution in [-0.2, 0) is 6.54 Å². The molecule has 0 atom stereocenters. The van der Waals surface area contributed by atoms with Crippen LogP contribution in [0.2, 0.25) is 5.02 Å². The van der Waals surface area contributed by atoms with Crippen molar-refractivity contribution in [1.82, 2.24) is 5.32 Å². The normalized spacial score (nSPS) is 17.2. The standard InChI is InChI=1S/C12H15ClN2O3/c13-10-3-2-9(6-11(10)15(17)18)7-14-8-12(16)4-1-5-12/h2-3,6,14,16H,1,4-5,7-8H2. The molecule has 0 bridgehead atoms. The Morgan fingerprint density at radius 3 is 2.78 bits per heavy atom. The van der Waals surface area contributed by atoms with Crippen LogP contribution in [-0.4, -0.2) is 22.2 Å². The fourth-order valence-electron chi connectivity index (χ4n) is 2.01. The van der Waals surface area contributed by atoms with Gasteiger partial charge in [-0.1, -0.05) is 17.7 Å². The summed E-state index contributed by atoms with van der Waals surface area (Å²) in [6.07, 6.45) is 2.70. The second kappa shape index (κ2) is 5.22. The molecule has 2 N–H and O–H groups in total. The van der Waals surface area contributed by atoms with Gasteiger partial charge in [0, 0.05) is 19.2 Å². The average Bonchev–Trinajstić information content (AvgIpc) is 2.28. The zero-order valence-electron chi connectivity index (χ0n) is 9.86. The van der Waals surface area contributed by atoms with Crippen LogP contribution >= 0.6 is 11.6 Å². The van der Waals surface area contributed by atoms with Crippen LogP contribution in [0, 0.1) is 10.1 Å². The number of nitro groups is 1. The van der Waals surface area contributed by atoms with Gasteiger partial charge in [-0.05, 0) is 30.9 Å². The first-order valence-electron chi connectivity index (χ1n) is 5.86. The Morgan fingerprint density at radius 1 is 1.50 bits per heavy atom. The lowest BCUT2D eigenvalue weighted by molar-refractivity contribution is -0.384. The Balaban J connectivity index is 1.93. The van der Waals surface area contributed by atoms with E-state index in [4.69, 9.17) is 11.6 Å². The van der Waals surface area contributed by atoms with Crippen molar-refractivity contribution in [1.29, 1.82) is 0 Å². The molecular weight excluding hydrogens is 256 g/mol. The highest BCUT2D eigenvalue weighted by Gasteiger charge is 2.33. The summed E-state index contributed by atoms with van der Waals surface area (Å²) < 4.78 is 0. The average molecular weight is 271 g/mol. The molecule has 1 aliphatic rings. The van der Waals surface area contributed by atoms with E-state index in [0.717, 1.165) is 24.8 Å². The van der Waals surface area contributed by atoms with Crippen molar-refractivity contribution in [2.45, 2.75) is 31.4 Å². The lowest BCUT2D eigenvalue weighted by atomic mass is 9.80. The maximum Gasteiger partial charge on any atom is 0.288 e. The van der Waals surface area contributed by atoms with Crippen LogP contribution in [0.1, 0.15) is 24.8 Å². The van der Waals surface area contributed by atoms with Crippen molar-refractivity contribution >= 4 is 17.3 Å². The predicted octanol–water partition coefficient (Wildman–Crippen LogP) is 2.25. The lowest BCUT2D eigenvalue weighted by Gasteiger charge is -2.36. The number of nitrogens with zero attached hydrogens (tertiary/aromatic N) is 1. The predicted molar refractivity (Wildman–Crippen MR) is 68.6 cm³/mol. The topological polar surface area (TPSA) is 75.4 Å². The number of hydrogen-bond donors (Lipinski definition) is 2. The zero-order chi connectivity index (χ0) is 13.2. The van der Waals surface area contributed by atoms with Gasteiger partial charge in [0.25, 0.3) is 5.69 Å². The smallest absolute Gasteiger partial charge is 0.288 e. The van der Waals surface area contributed by atoms with E-state index in [1.54, 1.807) is 6.07 Å². The van der Waals surface area contributed by atoms with E-state index in [-0.39, 0.29) is 10.7 Å². The summed E-state index contributed by atoms with van der Waals surface area (Å²) in [7, 11) is 0. The zero-order valence-corrected chi connectivity index (χ0v) is 10.6. The van der Waals surface area contributed by atoms with Crippen molar-refractivity contribution in [3.05, 3.63) is 38.9 Å². The number of nitro benzene ring substituents is 1. The number of halogens is 1. The van der Waals surface area contributed by atoms with E-state index in [1.807, 2.05) is 0 Å². The molecule has 1 fully saturated rings. The van der Waals surface area contributed by atoms with Gasteiger partial charge >= 0.3 is 0 Å². The Labute approximate surface area is 110 Å². The minimum atomic E-state index is -0.585. The first-order chi connectivity index (χ1) is 8.50. The van der Waals surface area contributed by atoms with Gasteiger partial charge in [-0.3, -0.25) is 10.1 Å². The largest absolute Gasteiger partial charge is 0.389 e. The van der Waals surface area contributed by atoms with Gasteiger partial charge < -0.3 is 10.4 Å². The van der Waals surface area contributed by atoms with Gasteiger partial charge in [0.15, 0.2) is 0 Å². The summed E-state index contributed by atoms with van der Waals surface area (Å²) >= 11 is 5.73. The van der Waals surface area contributed by atoms with Gasteiger partial charge in [0.1, 0.15) is 5.02 Å². The van der Waals surface area contributed by atoms with Crippen molar-refractivity contribution in [2.24, 2.45) is 0 Å². The first-order valence-corrected chi connectivity index (χ1v) is 6.24. The van der Waals surface area contributed by atoms with Crippen LogP contribution in [0.5, 0.6) is 0 Å². The van der Waals surface area contributed by atoms with E-state index in [0.29, 0.717) is 13.1 Å². The minimum absolute atomic E-state index is 0.0849. The van der Waals surface area contributed by atoms with E-state index < -0.39 is 10.5 Å². The fourth-order valence-corrected chi connectivity index (χ4v) is 2.20. The fraction of sp³-hybridized carbons (Fsp3) is 0.500. The number of benzene rings is 1. The number of aliphatic hydroxyl groups is 1. The molecule has 0 unspecified atom stereocenters. The summed E-state index contributed by atoms with van der Waals surface area (Å²) in [5.74, 6) is 0. The highest BCUT2D eigenvalue weighted by atomic mass is 35.5. The third kappa shape index (κ3) is 2.98. The molecule has 0 aliphatic heterocycles. The Bertz CT molecular complexity index is 461. The molecule has 2 rings (SSSR count). The molecule has 1 saturated carbocycles. The molecule has 0 saturated heterocycles. The number of nitrogens with one attached hydrogen (secondary N) is 1. The second-order valence-corrected chi connectivity index (χ2v) is 5.13. The molecule has 1 aromatic carbocycles. The molecule has 0 heterocycles. The molecule has 18 heavy (non-hydrogen) atoms. The summed E-state index contributed by atoms with van der Waals surface area (Å²) in [4.78, 5) is 10.2. The van der Waals surface area contributed by atoms with E-state index in [9.17, 15) is 15.2 Å². The van der Waals surface area contributed by atoms with E-state index in [1.165, 1.54) is 12.1 Å². The van der Waals surface area contributed by atoms with Crippen LogP contribution < -0.4 is 5.32 Å².